The molecule has 0 atom stereocenters. The summed E-state index contributed by atoms with van der Waals surface area (Å²) in [5.74, 6) is 0. The second-order valence-electron chi connectivity index (χ2n) is 28.9. The van der Waals surface area contributed by atoms with Gasteiger partial charge in [-0.1, -0.05) is 254 Å². The molecule has 0 aromatic heterocycles. The Morgan fingerprint density at radius 1 is 0.323 bits per heavy atom. The van der Waals surface area contributed by atoms with Gasteiger partial charge in [-0.25, -0.2) is 0 Å². The number of nitrogens with zero attached hydrogens (tertiary/aromatic N) is 2. The average molecular weight is 1520 g/mol. The van der Waals surface area contributed by atoms with Gasteiger partial charge in [0.05, 0.1) is 0 Å². The molecule has 0 amide bonds. The van der Waals surface area contributed by atoms with E-state index in [1.54, 1.807) is 28.2 Å². The molecule has 0 radical (unpaired) electrons. The summed E-state index contributed by atoms with van der Waals surface area (Å²) in [6, 6.07) is 81.1. The Balaban J connectivity index is 0.000000219. The molecular weight excluding hydrogens is 1400 g/mol. The fourth-order valence-corrected chi connectivity index (χ4v) is 11.6. The molecule has 0 fully saturated rings. The zero-order valence-corrected chi connectivity index (χ0v) is 68.7. The van der Waals surface area contributed by atoms with Gasteiger partial charge in [-0.3, -0.25) is 0 Å². The van der Waals surface area contributed by atoms with Crippen molar-refractivity contribution < 1.29 is 48.1 Å². The van der Waals surface area contributed by atoms with Crippen LogP contribution in [0.4, 0.5) is 0 Å². The molecule has 0 unspecified atom stereocenters. The molecule has 2 nitrogen and oxygen atoms in total. The SMILES string of the molecule is CCc1cc2c(-c3ccc(C(C)(C)C)cc3)cccc2[cH-]1.CCc1cc2c(-c3ccc(C(C)(C)C)cc3)cccc2[cH-]1.CCc1cc2c(-c3ccc(C(C)(C)C)cc3)cccc2[cH-]1.CCc1cc2c(-c3ccc(C(C)(C)C)cc3)cccc2[cH-]1.C[CH]=[Hf+2].C[CH]=[Zr+2].C[N-]C.C[N-]C. The third kappa shape index (κ3) is 22.8. The minimum Gasteiger partial charge on any atom is -0.668 e. The smallest absolute Gasteiger partial charge is 0.162 e. The number of benzene rings is 8. The van der Waals surface area contributed by atoms with Crippen LogP contribution in [0.3, 0.4) is 0 Å². The predicted molar refractivity (Wildman–Crippen MR) is 426 cm³/mol. The van der Waals surface area contributed by atoms with Crippen LogP contribution in [0.2, 0.25) is 0 Å². The minimum atomic E-state index is 0.209. The molecule has 96 heavy (non-hydrogen) atoms. The maximum atomic E-state index is 3.50. The van der Waals surface area contributed by atoms with Gasteiger partial charge in [0.15, 0.2) is 0 Å². The molecule has 0 aliphatic heterocycles. The molecule has 0 heterocycles. The van der Waals surface area contributed by atoms with Crippen LogP contribution in [-0.4, -0.2) is 35.7 Å². The number of rotatable bonds is 8. The monoisotopic (exact) mass is 1510 g/mol. The molecular formula is C92H112HfN2Zr-2. The maximum absolute atomic E-state index is 3.50. The van der Waals surface area contributed by atoms with Crippen molar-refractivity contribution in [2.45, 2.75) is 172 Å². The molecule has 500 valence electrons. The van der Waals surface area contributed by atoms with Crippen molar-refractivity contribution in [3.63, 3.8) is 0 Å². The number of hydrogen-bond donors (Lipinski definition) is 0. The fraction of sp³-hybridized carbons (Fsp3) is 0.326. The molecule has 0 bridgehead atoms. The van der Waals surface area contributed by atoms with Gasteiger partial charge in [0, 0.05) is 0 Å². The normalized spacial score (nSPS) is 11.2. The summed E-state index contributed by atoms with van der Waals surface area (Å²) >= 11 is 2.75. The van der Waals surface area contributed by atoms with Crippen LogP contribution < -0.4 is 0 Å². The summed E-state index contributed by atoms with van der Waals surface area (Å²) in [5, 5.41) is 17.9. The first kappa shape index (κ1) is 80.3. The molecule has 0 spiro atoms. The van der Waals surface area contributed by atoms with Crippen molar-refractivity contribution in [1.82, 2.24) is 0 Å². The zero-order chi connectivity index (χ0) is 71.0. The van der Waals surface area contributed by atoms with Crippen LogP contribution in [0, 0.1) is 0 Å². The van der Waals surface area contributed by atoms with Crippen molar-refractivity contribution in [1.29, 1.82) is 0 Å². The van der Waals surface area contributed by atoms with Crippen molar-refractivity contribution in [2.24, 2.45) is 0 Å². The summed E-state index contributed by atoms with van der Waals surface area (Å²) in [5.41, 5.74) is 22.6. The van der Waals surface area contributed by atoms with Crippen molar-refractivity contribution >= 4 is 50.6 Å². The second-order valence-corrected chi connectivity index (χ2v) is 32.4. The molecule has 0 aliphatic rings. The molecule has 12 aromatic carbocycles. The van der Waals surface area contributed by atoms with E-state index in [0.717, 1.165) is 25.7 Å². The van der Waals surface area contributed by atoms with Crippen LogP contribution in [0.25, 0.3) is 98.2 Å². The second kappa shape index (κ2) is 38.1. The summed E-state index contributed by atoms with van der Waals surface area (Å²) in [7, 11) is 7.00. The molecule has 12 rings (SSSR count). The first-order chi connectivity index (χ1) is 45.6. The molecule has 0 saturated carbocycles. The van der Waals surface area contributed by atoms with E-state index in [1.807, 2.05) is 6.92 Å². The Hall–Kier alpha value is -6.39. The number of fused-ring (bicyclic) bond motifs is 4. The quantitative estimate of drug-likeness (QED) is 0.107. The van der Waals surface area contributed by atoms with E-state index in [0.29, 0.717) is 0 Å². The van der Waals surface area contributed by atoms with Gasteiger partial charge in [0.2, 0.25) is 0 Å². The third-order valence-corrected chi connectivity index (χ3v) is 17.1. The third-order valence-electron chi connectivity index (χ3n) is 17.1. The minimum absolute atomic E-state index is 0.209. The molecule has 0 saturated heterocycles. The largest absolute Gasteiger partial charge is 0.668 e. The van der Waals surface area contributed by atoms with E-state index < -0.39 is 0 Å². The standard InChI is InChI=1S/4C21H23.2C2H6N.2C2H4.Hf.Zr/c4*1-5-15-13-17-7-6-8-19(20(17)14-15)16-9-11-18(12-10-16)21(2,3)4;2*1-3-2;2*1-2;;/h4*6-14H,5H2,1-4H3;2*1-2H3;2*1H,2H3;;/q6*-1;;;2*+2. The van der Waals surface area contributed by atoms with Gasteiger partial charge in [0.1, 0.15) is 0 Å². The zero-order valence-electron chi connectivity index (χ0n) is 62.7. The van der Waals surface area contributed by atoms with Gasteiger partial charge in [-0.05, 0) is 91.9 Å². The Bertz CT molecular complexity index is 3710. The van der Waals surface area contributed by atoms with E-state index in [1.165, 1.54) is 180 Å². The Kier molecular flexibility index (Phi) is 31.9. The Labute approximate surface area is 611 Å². The van der Waals surface area contributed by atoms with Gasteiger partial charge >= 0.3 is 69.4 Å². The molecule has 0 aliphatic carbocycles. The van der Waals surface area contributed by atoms with Crippen LogP contribution in [0.15, 0.2) is 218 Å². The van der Waals surface area contributed by atoms with E-state index in [4.69, 9.17) is 0 Å². The predicted octanol–water partition coefficient (Wildman–Crippen LogP) is 26.3. The number of hydrogen-bond acceptors (Lipinski definition) is 0. The van der Waals surface area contributed by atoms with Crippen molar-refractivity contribution in [3.8, 4) is 44.5 Å². The van der Waals surface area contributed by atoms with Crippen LogP contribution >= 0.6 is 0 Å². The van der Waals surface area contributed by atoms with Gasteiger partial charge in [-0.2, -0.15) is 52.5 Å². The average Bonchev–Trinajstić information content (AvgIpc) is 1.65. The maximum Gasteiger partial charge on any atom is -0.162 e. The molecule has 4 heteroatoms. The van der Waals surface area contributed by atoms with Crippen molar-refractivity contribution in [3.05, 3.63) is 274 Å². The van der Waals surface area contributed by atoms with Crippen molar-refractivity contribution in [2.75, 3.05) is 28.2 Å². The summed E-state index contributed by atoms with van der Waals surface area (Å²) < 4.78 is 4.23. The summed E-state index contributed by atoms with van der Waals surface area (Å²) in [4.78, 5) is 0. The fourth-order valence-electron chi connectivity index (χ4n) is 11.6. The van der Waals surface area contributed by atoms with Crippen LogP contribution in [-0.2, 0) is 95.5 Å². The van der Waals surface area contributed by atoms with E-state index in [9.17, 15) is 0 Å². The van der Waals surface area contributed by atoms with E-state index in [2.05, 4.69) is 354 Å². The number of aryl methyl sites for hydroxylation is 4. The van der Waals surface area contributed by atoms with E-state index >= 15 is 0 Å². The first-order valence-corrected chi connectivity index (χ1v) is 38.1. The topological polar surface area (TPSA) is 28.2 Å². The molecule has 0 N–H and O–H groups in total. The first-order valence-electron chi connectivity index (χ1n) is 34.6. The van der Waals surface area contributed by atoms with Gasteiger partial charge < -0.3 is 10.6 Å². The Morgan fingerprint density at radius 3 is 0.615 bits per heavy atom. The van der Waals surface area contributed by atoms with Crippen LogP contribution in [0.5, 0.6) is 0 Å². The van der Waals surface area contributed by atoms with Gasteiger partial charge in [0.25, 0.3) is 0 Å². The molecule has 12 aromatic rings. The van der Waals surface area contributed by atoms with E-state index in [-0.39, 0.29) is 21.7 Å². The summed E-state index contributed by atoms with van der Waals surface area (Å²) in [6.45, 7) is 40.0. The summed E-state index contributed by atoms with van der Waals surface area (Å²) in [6.07, 6.45) is 4.38. The van der Waals surface area contributed by atoms with Crippen LogP contribution in [0.1, 0.15) is 169 Å². The Morgan fingerprint density at radius 2 is 0.479 bits per heavy atom. The van der Waals surface area contributed by atoms with Gasteiger partial charge in [-0.15, -0.1) is 138 Å².